The molecule has 0 amide bonds. The molecule has 0 aliphatic carbocycles. The third-order valence-electron chi connectivity index (χ3n) is 2.94. The lowest BCUT2D eigenvalue weighted by atomic mass is 10.1. The van der Waals surface area contributed by atoms with Crippen molar-refractivity contribution < 1.29 is 23.4 Å². The molecule has 0 aliphatic rings. The van der Waals surface area contributed by atoms with Gasteiger partial charge in [-0.2, -0.15) is 0 Å². The second-order valence-corrected chi connectivity index (χ2v) is 5.14. The predicted molar refractivity (Wildman–Crippen MR) is 80.1 cm³/mol. The van der Waals surface area contributed by atoms with Crippen LogP contribution in [0, 0.1) is 5.92 Å². The largest absolute Gasteiger partial charge is 0.516 e. The molecule has 1 aromatic carbocycles. The lowest BCUT2D eigenvalue weighted by Gasteiger charge is -2.02. The fourth-order valence-electron chi connectivity index (χ4n) is 1.91. The highest BCUT2D eigenvalue weighted by Crippen LogP contribution is 2.30. The Morgan fingerprint density at radius 2 is 1.91 bits per heavy atom. The Bertz CT molecular complexity index is 630. The number of oxazole rings is 1. The second kappa shape index (κ2) is 6.98. The van der Waals surface area contributed by atoms with E-state index in [0.29, 0.717) is 23.9 Å². The summed E-state index contributed by atoms with van der Waals surface area (Å²) in [4.78, 5) is 15.7. The number of carbonyl (C=O) groups is 1. The van der Waals surface area contributed by atoms with E-state index >= 15 is 0 Å². The van der Waals surface area contributed by atoms with Gasteiger partial charge < -0.3 is 18.6 Å². The molecule has 2 rings (SSSR count). The van der Waals surface area contributed by atoms with Gasteiger partial charge in [-0.3, -0.25) is 0 Å². The van der Waals surface area contributed by atoms with Crippen LogP contribution in [0.4, 0.5) is 4.79 Å². The smallest absolute Gasteiger partial charge is 0.497 e. The summed E-state index contributed by atoms with van der Waals surface area (Å²) in [5.74, 6) is 1.54. The molecule has 0 N–H and O–H groups in total. The average molecular weight is 305 g/mol. The molecule has 0 aliphatic heterocycles. The van der Waals surface area contributed by atoms with Crippen LogP contribution < -0.4 is 9.47 Å². The number of nitrogens with zero attached hydrogens (tertiary/aromatic N) is 1. The molecular weight excluding hydrogens is 286 g/mol. The van der Waals surface area contributed by atoms with Crippen molar-refractivity contribution in [2.75, 3.05) is 14.2 Å². The number of ether oxygens (including phenoxy) is 3. The van der Waals surface area contributed by atoms with Crippen molar-refractivity contribution in [2.45, 2.75) is 20.3 Å². The van der Waals surface area contributed by atoms with Crippen LogP contribution in [-0.4, -0.2) is 25.4 Å². The molecule has 0 saturated carbocycles. The Hall–Kier alpha value is -2.50. The van der Waals surface area contributed by atoms with Crippen molar-refractivity contribution in [1.82, 2.24) is 4.98 Å². The molecule has 0 atom stereocenters. The average Bonchev–Trinajstić information content (AvgIpc) is 2.89. The molecule has 0 saturated heterocycles. The van der Waals surface area contributed by atoms with E-state index in [2.05, 4.69) is 9.72 Å². The normalized spacial score (nSPS) is 10.6. The van der Waals surface area contributed by atoms with E-state index in [1.807, 2.05) is 38.1 Å². The highest BCUT2D eigenvalue weighted by Gasteiger charge is 2.20. The first kappa shape index (κ1) is 15.9. The molecule has 1 heterocycles. The SMILES string of the molecule is COC(=O)Oc1oc(-c2ccc(OC)cc2)nc1CC(C)C. The van der Waals surface area contributed by atoms with Gasteiger partial charge in [0.1, 0.15) is 11.4 Å². The molecule has 0 spiro atoms. The molecule has 1 aromatic heterocycles. The molecule has 118 valence electrons. The number of carbonyl (C=O) groups excluding carboxylic acids is 1. The summed E-state index contributed by atoms with van der Waals surface area (Å²) in [7, 11) is 2.84. The second-order valence-electron chi connectivity index (χ2n) is 5.14. The monoisotopic (exact) mass is 305 g/mol. The van der Waals surface area contributed by atoms with Crippen molar-refractivity contribution in [3.05, 3.63) is 30.0 Å². The van der Waals surface area contributed by atoms with E-state index in [0.717, 1.165) is 11.3 Å². The fraction of sp³-hybridized carbons (Fsp3) is 0.375. The third-order valence-corrected chi connectivity index (χ3v) is 2.94. The Kier molecular flexibility index (Phi) is 5.04. The number of methoxy groups -OCH3 is 2. The minimum atomic E-state index is -0.831. The first-order valence-electron chi connectivity index (χ1n) is 6.93. The van der Waals surface area contributed by atoms with Gasteiger partial charge >= 0.3 is 12.1 Å². The summed E-state index contributed by atoms with van der Waals surface area (Å²) in [6.45, 7) is 4.09. The van der Waals surface area contributed by atoms with Gasteiger partial charge in [0.05, 0.1) is 14.2 Å². The maximum absolute atomic E-state index is 11.3. The number of aromatic nitrogens is 1. The topological polar surface area (TPSA) is 70.8 Å². The van der Waals surface area contributed by atoms with Gasteiger partial charge in [-0.25, -0.2) is 9.78 Å². The molecule has 0 bridgehead atoms. The summed E-state index contributed by atoms with van der Waals surface area (Å²) in [6, 6.07) is 7.27. The summed E-state index contributed by atoms with van der Waals surface area (Å²) < 4.78 is 20.2. The number of benzene rings is 1. The van der Waals surface area contributed by atoms with Crippen LogP contribution >= 0.6 is 0 Å². The summed E-state index contributed by atoms with van der Waals surface area (Å²) >= 11 is 0. The van der Waals surface area contributed by atoms with Crippen molar-refractivity contribution >= 4 is 6.16 Å². The number of hydrogen-bond acceptors (Lipinski definition) is 6. The molecule has 0 fully saturated rings. The summed E-state index contributed by atoms with van der Waals surface area (Å²) in [5.41, 5.74) is 1.36. The fourth-order valence-corrected chi connectivity index (χ4v) is 1.91. The molecular formula is C16H19NO5. The number of rotatable bonds is 5. The van der Waals surface area contributed by atoms with Crippen LogP contribution in [0.2, 0.25) is 0 Å². The van der Waals surface area contributed by atoms with E-state index < -0.39 is 6.16 Å². The first-order valence-corrected chi connectivity index (χ1v) is 6.93. The Balaban J connectivity index is 2.32. The lowest BCUT2D eigenvalue weighted by Crippen LogP contribution is -2.08. The molecule has 0 radical (unpaired) electrons. The van der Waals surface area contributed by atoms with Gasteiger partial charge in [0.2, 0.25) is 5.89 Å². The van der Waals surface area contributed by atoms with Crippen LogP contribution in [0.3, 0.4) is 0 Å². The highest BCUT2D eigenvalue weighted by molar-refractivity contribution is 5.63. The zero-order chi connectivity index (χ0) is 16.1. The predicted octanol–water partition coefficient (Wildman–Crippen LogP) is 3.69. The molecule has 2 aromatic rings. The van der Waals surface area contributed by atoms with Crippen LogP contribution in [-0.2, 0) is 11.2 Å². The third kappa shape index (κ3) is 3.78. The van der Waals surface area contributed by atoms with Crippen LogP contribution in [0.5, 0.6) is 11.7 Å². The number of hydrogen-bond donors (Lipinski definition) is 0. The van der Waals surface area contributed by atoms with Crippen LogP contribution in [0.15, 0.2) is 28.7 Å². The maximum atomic E-state index is 11.3. The molecule has 6 nitrogen and oxygen atoms in total. The quantitative estimate of drug-likeness (QED) is 0.784. The van der Waals surface area contributed by atoms with E-state index in [9.17, 15) is 4.79 Å². The van der Waals surface area contributed by atoms with Gasteiger partial charge in [-0.05, 0) is 36.6 Å². The molecule has 0 unspecified atom stereocenters. The lowest BCUT2D eigenvalue weighted by molar-refractivity contribution is 0.111. The highest BCUT2D eigenvalue weighted by atomic mass is 16.7. The van der Waals surface area contributed by atoms with E-state index in [-0.39, 0.29) is 5.95 Å². The Morgan fingerprint density at radius 3 is 2.45 bits per heavy atom. The first-order chi connectivity index (χ1) is 10.5. The zero-order valence-electron chi connectivity index (χ0n) is 13.1. The van der Waals surface area contributed by atoms with Crippen molar-refractivity contribution in [3.63, 3.8) is 0 Å². The van der Waals surface area contributed by atoms with Crippen LogP contribution in [0.25, 0.3) is 11.5 Å². The minimum absolute atomic E-state index is 0.0753. The summed E-state index contributed by atoms with van der Waals surface area (Å²) in [6.07, 6.45) is -0.200. The van der Waals surface area contributed by atoms with Gasteiger partial charge in [-0.1, -0.05) is 13.8 Å². The minimum Gasteiger partial charge on any atom is -0.497 e. The Morgan fingerprint density at radius 1 is 1.23 bits per heavy atom. The Labute approximate surface area is 129 Å². The van der Waals surface area contributed by atoms with Gasteiger partial charge in [-0.15, -0.1) is 0 Å². The zero-order valence-corrected chi connectivity index (χ0v) is 13.1. The molecule has 22 heavy (non-hydrogen) atoms. The van der Waals surface area contributed by atoms with Crippen molar-refractivity contribution in [1.29, 1.82) is 0 Å². The summed E-state index contributed by atoms with van der Waals surface area (Å²) in [5, 5.41) is 0. The standard InChI is InChI=1S/C16H19NO5/c1-10(2)9-13-15(22-16(18)20-4)21-14(17-13)11-5-7-12(19-3)8-6-11/h5-8,10H,9H2,1-4H3. The van der Waals surface area contributed by atoms with Gasteiger partial charge in [0.25, 0.3) is 0 Å². The van der Waals surface area contributed by atoms with Gasteiger partial charge in [0.15, 0.2) is 0 Å². The van der Waals surface area contributed by atoms with Crippen molar-refractivity contribution in [2.24, 2.45) is 5.92 Å². The van der Waals surface area contributed by atoms with E-state index in [4.69, 9.17) is 13.9 Å². The van der Waals surface area contributed by atoms with E-state index in [1.54, 1.807) is 7.11 Å². The van der Waals surface area contributed by atoms with Crippen molar-refractivity contribution in [3.8, 4) is 23.1 Å². The molecule has 6 heteroatoms. The van der Waals surface area contributed by atoms with Gasteiger partial charge in [0, 0.05) is 5.56 Å². The maximum Gasteiger partial charge on any atom is 0.516 e. The van der Waals surface area contributed by atoms with E-state index in [1.165, 1.54) is 7.11 Å². The van der Waals surface area contributed by atoms with Crippen LogP contribution in [0.1, 0.15) is 19.5 Å².